The Morgan fingerprint density at radius 2 is 2.10 bits per heavy atom. The largest absolute Gasteiger partial charge is 0.480 e. The predicted octanol–water partition coefficient (Wildman–Crippen LogP) is 1.84. The molecule has 0 aromatic heterocycles. The summed E-state index contributed by atoms with van der Waals surface area (Å²) in [6.07, 6.45) is 1.04. The van der Waals surface area contributed by atoms with Crippen LogP contribution in [0.2, 0.25) is 0 Å². The van der Waals surface area contributed by atoms with Gasteiger partial charge in [-0.25, -0.2) is 0 Å². The molecule has 0 aliphatic carbocycles. The standard InChI is InChI=1S/C8H17NO/c1-5-7-10-8(3)9(4)6-2/h3,5-7H2,1-2,4H3. The van der Waals surface area contributed by atoms with E-state index in [4.69, 9.17) is 4.74 Å². The average Bonchev–Trinajstić information content (AvgIpc) is 1.98. The maximum Gasteiger partial charge on any atom is 0.181 e. The first-order valence-corrected chi connectivity index (χ1v) is 3.75. The van der Waals surface area contributed by atoms with Crippen LogP contribution in [0.25, 0.3) is 0 Å². The van der Waals surface area contributed by atoms with Gasteiger partial charge < -0.3 is 9.64 Å². The summed E-state index contributed by atoms with van der Waals surface area (Å²) in [7, 11) is 1.97. The van der Waals surface area contributed by atoms with Gasteiger partial charge in [-0.15, -0.1) is 0 Å². The lowest BCUT2D eigenvalue weighted by atomic mass is 10.5. The molecule has 0 atom stereocenters. The molecule has 0 rings (SSSR count). The quantitative estimate of drug-likeness (QED) is 0.544. The van der Waals surface area contributed by atoms with Gasteiger partial charge in [0, 0.05) is 13.6 Å². The Morgan fingerprint density at radius 3 is 2.50 bits per heavy atom. The van der Waals surface area contributed by atoms with Crippen molar-refractivity contribution in [3.05, 3.63) is 12.5 Å². The molecule has 0 aliphatic rings. The predicted molar refractivity (Wildman–Crippen MR) is 43.7 cm³/mol. The van der Waals surface area contributed by atoms with Crippen LogP contribution in [0.5, 0.6) is 0 Å². The summed E-state index contributed by atoms with van der Waals surface area (Å²) < 4.78 is 5.28. The van der Waals surface area contributed by atoms with Crippen LogP contribution < -0.4 is 0 Å². The highest BCUT2D eigenvalue weighted by molar-refractivity contribution is 4.79. The number of nitrogens with zero attached hydrogens (tertiary/aromatic N) is 1. The first kappa shape index (κ1) is 9.34. The molecule has 0 amide bonds. The zero-order chi connectivity index (χ0) is 7.98. The Balaban J connectivity index is 3.42. The van der Waals surface area contributed by atoms with Gasteiger partial charge in [0.15, 0.2) is 5.88 Å². The Labute approximate surface area is 63.5 Å². The van der Waals surface area contributed by atoms with Crippen molar-refractivity contribution in [1.29, 1.82) is 0 Å². The summed E-state index contributed by atoms with van der Waals surface area (Å²) in [4.78, 5) is 1.98. The second-order valence-electron chi connectivity index (χ2n) is 2.26. The van der Waals surface area contributed by atoms with E-state index in [1.54, 1.807) is 0 Å². The van der Waals surface area contributed by atoms with Crippen molar-refractivity contribution >= 4 is 0 Å². The Hall–Kier alpha value is -0.660. The lowest BCUT2D eigenvalue weighted by Crippen LogP contribution is -2.18. The SMILES string of the molecule is C=C(OCCC)N(C)CC. The minimum absolute atomic E-state index is 0.767. The molecule has 0 spiro atoms. The van der Waals surface area contributed by atoms with Gasteiger partial charge in [0.25, 0.3) is 0 Å². The van der Waals surface area contributed by atoms with Gasteiger partial charge in [0.05, 0.1) is 6.61 Å². The van der Waals surface area contributed by atoms with Crippen LogP contribution in [0, 0.1) is 0 Å². The van der Waals surface area contributed by atoms with Crippen LogP contribution in [-0.2, 0) is 4.74 Å². The van der Waals surface area contributed by atoms with E-state index in [1.165, 1.54) is 0 Å². The highest BCUT2D eigenvalue weighted by atomic mass is 16.5. The van der Waals surface area contributed by atoms with Crippen molar-refractivity contribution in [2.75, 3.05) is 20.2 Å². The monoisotopic (exact) mass is 143 g/mol. The van der Waals surface area contributed by atoms with Gasteiger partial charge in [0.2, 0.25) is 0 Å². The summed E-state index contributed by atoms with van der Waals surface area (Å²) in [6, 6.07) is 0. The van der Waals surface area contributed by atoms with Crippen molar-refractivity contribution in [1.82, 2.24) is 4.90 Å². The fourth-order valence-electron chi connectivity index (χ4n) is 0.506. The zero-order valence-corrected chi connectivity index (χ0v) is 7.18. The summed E-state index contributed by atoms with van der Waals surface area (Å²) in [5.41, 5.74) is 0. The lowest BCUT2D eigenvalue weighted by Gasteiger charge is -2.19. The van der Waals surface area contributed by atoms with Gasteiger partial charge in [0.1, 0.15) is 0 Å². The molecule has 60 valence electrons. The van der Waals surface area contributed by atoms with Crippen LogP contribution in [-0.4, -0.2) is 25.1 Å². The molecule has 10 heavy (non-hydrogen) atoms. The van der Waals surface area contributed by atoms with E-state index in [2.05, 4.69) is 20.4 Å². The summed E-state index contributed by atoms with van der Waals surface area (Å²) >= 11 is 0. The third-order valence-electron chi connectivity index (χ3n) is 1.37. The first-order valence-electron chi connectivity index (χ1n) is 3.75. The second kappa shape index (κ2) is 5.15. The van der Waals surface area contributed by atoms with Crippen LogP contribution in [0.3, 0.4) is 0 Å². The van der Waals surface area contributed by atoms with Crippen LogP contribution in [0.15, 0.2) is 12.5 Å². The van der Waals surface area contributed by atoms with E-state index >= 15 is 0 Å². The Bertz CT molecular complexity index is 101. The maximum atomic E-state index is 5.28. The summed E-state index contributed by atoms with van der Waals surface area (Å²) in [5.74, 6) is 0.768. The molecule has 0 aliphatic heterocycles. The Kier molecular flexibility index (Phi) is 4.81. The molecule has 0 saturated carbocycles. The summed E-state index contributed by atoms with van der Waals surface area (Å²) in [6.45, 7) is 9.63. The minimum Gasteiger partial charge on any atom is -0.480 e. The molecule has 0 heterocycles. The van der Waals surface area contributed by atoms with E-state index in [9.17, 15) is 0 Å². The minimum atomic E-state index is 0.767. The van der Waals surface area contributed by atoms with Gasteiger partial charge in [-0.1, -0.05) is 6.92 Å². The molecule has 0 fully saturated rings. The van der Waals surface area contributed by atoms with E-state index in [0.29, 0.717) is 0 Å². The molecule has 0 saturated heterocycles. The first-order chi connectivity index (χ1) is 4.72. The van der Waals surface area contributed by atoms with Crippen molar-refractivity contribution in [2.24, 2.45) is 0 Å². The lowest BCUT2D eigenvalue weighted by molar-refractivity contribution is 0.132. The normalized spacial score (nSPS) is 9.10. The fourth-order valence-corrected chi connectivity index (χ4v) is 0.506. The Morgan fingerprint density at radius 1 is 1.50 bits per heavy atom. The molecule has 0 N–H and O–H groups in total. The van der Waals surface area contributed by atoms with Gasteiger partial charge >= 0.3 is 0 Å². The van der Waals surface area contributed by atoms with Crippen LogP contribution >= 0.6 is 0 Å². The van der Waals surface area contributed by atoms with Gasteiger partial charge in [-0.05, 0) is 19.9 Å². The van der Waals surface area contributed by atoms with E-state index in [-0.39, 0.29) is 0 Å². The smallest absolute Gasteiger partial charge is 0.181 e. The highest BCUT2D eigenvalue weighted by Gasteiger charge is 1.97. The zero-order valence-electron chi connectivity index (χ0n) is 7.18. The molecule has 2 heteroatoms. The van der Waals surface area contributed by atoms with Crippen LogP contribution in [0.4, 0.5) is 0 Å². The fraction of sp³-hybridized carbons (Fsp3) is 0.750. The third-order valence-corrected chi connectivity index (χ3v) is 1.37. The molecule has 0 unspecified atom stereocenters. The summed E-state index contributed by atoms with van der Waals surface area (Å²) in [5, 5.41) is 0. The topological polar surface area (TPSA) is 12.5 Å². The van der Waals surface area contributed by atoms with Crippen molar-refractivity contribution < 1.29 is 4.74 Å². The van der Waals surface area contributed by atoms with Crippen LogP contribution in [0.1, 0.15) is 20.3 Å². The second-order valence-corrected chi connectivity index (χ2v) is 2.26. The highest BCUT2D eigenvalue weighted by Crippen LogP contribution is 1.99. The molecule has 0 aromatic rings. The van der Waals surface area contributed by atoms with E-state index in [1.807, 2.05) is 11.9 Å². The molecule has 0 bridgehead atoms. The third kappa shape index (κ3) is 3.38. The molecule has 0 aromatic carbocycles. The average molecular weight is 143 g/mol. The van der Waals surface area contributed by atoms with Gasteiger partial charge in [-0.2, -0.15) is 0 Å². The van der Waals surface area contributed by atoms with Crippen molar-refractivity contribution in [3.8, 4) is 0 Å². The van der Waals surface area contributed by atoms with Crippen molar-refractivity contribution in [2.45, 2.75) is 20.3 Å². The van der Waals surface area contributed by atoms with E-state index in [0.717, 1.165) is 25.5 Å². The molecule has 2 nitrogen and oxygen atoms in total. The van der Waals surface area contributed by atoms with E-state index < -0.39 is 0 Å². The number of ether oxygens (including phenoxy) is 1. The number of hydrogen-bond acceptors (Lipinski definition) is 2. The molecular formula is C8H17NO. The maximum absolute atomic E-state index is 5.28. The number of rotatable bonds is 5. The molecular weight excluding hydrogens is 126 g/mol. The van der Waals surface area contributed by atoms with Gasteiger partial charge in [-0.3, -0.25) is 0 Å². The number of hydrogen-bond donors (Lipinski definition) is 0. The van der Waals surface area contributed by atoms with Crippen molar-refractivity contribution in [3.63, 3.8) is 0 Å². The molecule has 0 radical (unpaired) electrons.